The first kappa shape index (κ1) is 16.5. The lowest BCUT2D eigenvalue weighted by molar-refractivity contribution is -0.0982. The van der Waals surface area contributed by atoms with E-state index in [1.807, 2.05) is 4.68 Å². The average molecular weight is 321 g/mol. The summed E-state index contributed by atoms with van der Waals surface area (Å²) in [6.07, 6.45) is 3.74. The summed E-state index contributed by atoms with van der Waals surface area (Å²) in [5, 5.41) is 13.9. The molecule has 0 unspecified atom stereocenters. The highest BCUT2D eigenvalue weighted by atomic mass is 16.5. The van der Waals surface area contributed by atoms with Crippen molar-refractivity contribution in [1.29, 1.82) is 0 Å². The summed E-state index contributed by atoms with van der Waals surface area (Å²) >= 11 is 0. The molecule has 1 fully saturated rings. The van der Waals surface area contributed by atoms with Crippen LogP contribution in [0.4, 0.5) is 0 Å². The molecule has 0 radical (unpaired) electrons. The number of aromatic carboxylic acids is 1. The minimum absolute atomic E-state index is 0.124. The van der Waals surface area contributed by atoms with Crippen molar-refractivity contribution in [2.24, 2.45) is 0 Å². The van der Waals surface area contributed by atoms with E-state index in [0.717, 1.165) is 63.2 Å². The topological polar surface area (TPSA) is 67.6 Å². The third-order valence-electron chi connectivity index (χ3n) is 4.93. The van der Waals surface area contributed by atoms with Crippen LogP contribution in [0.25, 0.3) is 0 Å². The van der Waals surface area contributed by atoms with Crippen LogP contribution >= 0.6 is 0 Å². The summed E-state index contributed by atoms with van der Waals surface area (Å²) in [4.78, 5) is 14.0. The molecule has 3 rings (SSSR count). The predicted molar refractivity (Wildman–Crippen MR) is 86.9 cm³/mol. The second kappa shape index (κ2) is 6.24. The van der Waals surface area contributed by atoms with E-state index in [9.17, 15) is 9.90 Å². The highest BCUT2D eigenvalue weighted by Crippen LogP contribution is 2.30. The van der Waals surface area contributed by atoms with E-state index >= 15 is 0 Å². The van der Waals surface area contributed by atoms with Crippen molar-refractivity contribution in [2.75, 3.05) is 19.7 Å². The minimum atomic E-state index is -0.904. The first-order valence-electron chi connectivity index (χ1n) is 8.61. The van der Waals surface area contributed by atoms with Crippen LogP contribution in [0, 0.1) is 0 Å². The molecule has 6 heteroatoms. The van der Waals surface area contributed by atoms with Gasteiger partial charge in [0.25, 0.3) is 0 Å². The van der Waals surface area contributed by atoms with Crippen LogP contribution in [0.2, 0.25) is 0 Å². The van der Waals surface area contributed by atoms with Crippen LogP contribution in [0.3, 0.4) is 0 Å². The number of morpholine rings is 1. The summed E-state index contributed by atoms with van der Waals surface area (Å²) in [6.45, 7) is 9.70. The van der Waals surface area contributed by atoms with Crippen molar-refractivity contribution >= 4 is 5.97 Å². The van der Waals surface area contributed by atoms with Gasteiger partial charge in [-0.3, -0.25) is 9.58 Å². The van der Waals surface area contributed by atoms with Crippen LogP contribution in [0.1, 0.15) is 55.4 Å². The molecule has 0 bridgehead atoms. The standard InChI is InChI=1S/C17H27N3O3/c1-4-7-20-14-6-5-12(10-13(14)15(18-20)16(21)22)19-8-9-23-17(2,3)11-19/h12H,4-11H2,1-3H3,(H,21,22)/t12-/m1/s1. The molecular formula is C17H27N3O3. The van der Waals surface area contributed by atoms with Crippen molar-refractivity contribution in [3.05, 3.63) is 17.0 Å². The Labute approximate surface area is 137 Å². The molecule has 1 aromatic rings. The first-order valence-corrected chi connectivity index (χ1v) is 8.61. The smallest absolute Gasteiger partial charge is 0.356 e. The summed E-state index contributed by atoms with van der Waals surface area (Å²) in [5.74, 6) is -0.904. The maximum atomic E-state index is 11.6. The Hall–Kier alpha value is -1.40. The minimum Gasteiger partial charge on any atom is -0.476 e. The van der Waals surface area contributed by atoms with Gasteiger partial charge in [-0.15, -0.1) is 0 Å². The highest BCUT2D eigenvalue weighted by Gasteiger charge is 2.35. The lowest BCUT2D eigenvalue weighted by atomic mass is 9.89. The highest BCUT2D eigenvalue weighted by molar-refractivity contribution is 5.87. The second-order valence-corrected chi connectivity index (χ2v) is 7.28. The molecule has 23 heavy (non-hydrogen) atoms. The van der Waals surface area contributed by atoms with E-state index in [4.69, 9.17) is 4.74 Å². The quantitative estimate of drug-likeness (QED) is 0.918. The maximum absolute atomic E-state index is 11.6. The molecule has 1 atom stereocenters. The first-order chi connectivity index (χ1) is 10.9. The van der Waals surface area contributed by atoms with Gasteiger partial charge in [-0.05, 0) is 39.5 Å². The van der Waals surface area contributed by atoms with Crippen molar-refractivity contribution in [2.45, 2.75) is 64.6 Å². The van der Waals surface area contributed by atoms with Gasteiger partial charge in [0.1, 0.15) is 0 Å². The fourth-order valence-corrected chi connectivity index (χ4v) is 3.91. The average Bonchev–Trinajstić information content (AvgIpc) is 2.85. The number of carbonyl (C=O) groups is 1. The Morgan fingerprint density at radius 1 is 1.48 bits per heavy atom. The molecule has 1 saturated heterocycles. The van der Waals surface area contributed by atoms with Gasteiger partial charge in [0, 0.05) is 36.9 Å². The molecule has 2 heterocycles. The van der Waals surface area contributed by atoms with Gasteiger partial charge >= 0.3 is 5.97 Å². The van der Waals surface area contributed by atoms with Crippen LogP contribution < -0.4 is 0 Å². The largest absolute Gasteiger partial charge is 0.476 e. The van der Waals surface area contributed by atoms with Crippen molar-refractivity contribution in [1.82, 2.24) is 14.7 Å². The van der Waals surface area contributed by atoms with E-state index in [1.165, 1.54) is 0 Å². The third kappa shape index (κ3) is 3.28. The van der Waals surface area contributed by atoms with Gasteiger partial charge < -0.3 is 9.84 Å². The van der Waals surface area contributed by atoms with Gasteiger partial charge in [-0.1, -0.05) is 6.92 Å². The number of carboxylic acid groups (broad SMARTS) is 1. The molecule has 0 saturated carbocycles. The fourth-order valence-electron chi connectivity index (χ4n) is 3.91. The second-order valence-electron chi connectivity index (χ2n) is 7.28. The number of ether oxygens (including phenoxy) is 1. The lowest BCUT2D eigenvalue weighted by Crippen LogP contribution is -2.53. The zero-order chi connectivity index (χ0) is 16.6. The third-order valence-corrected chi connectivity index (χ3v) is 4.93. The maximum Gasteiger partial charge on any atom is 0.356 e. The van der Waals surface area contributed by atoms with Crippen LogP contribution in [-0.2, 0) is 24.1 Å². The molecule has 1 aromatic heterocycles. The van der Waals surface area contributed by atoms with E-state index in [2.05, 4.69) is 30.8 Å². The van der Waals surface area contributed by atoms with Gasteiger partial charge in [0.2, 0.25) is 0 Å². The Kier molecular flexibility index (Phi) is 4.47. The Balaban J connectivity index is 1.83. The summed E-state index contributed by atoms with van der Waals surface area (Å²) in [5.41, 5.74) is 2.21. The fraction of sp³-hybridized carbons (Fsp3) is 0.765. The predicted octanol–water partition coefficient (Wildman–Crippen LogP) is 1.96. The van der Waals surface area contributed by atoms with Crippen LogP contribution in [0.5, 0.6) is 0 Å². The molecule has 0 amide bonds. The molecule has 2 aliphatic rings. The number of hydrogen-bond acceptors (Lipinski definition) is 4. The summed E-state index contributed by atoms with van der Waals surface area (Å²) in [7, 11) is 0. The number of carboxylic acids is 1. The SMILES string of the molecule is CCCn1nc(C(=O)O)c2c1CC[C@@H](N1CCOC(C)(C)C1)C2. The van der Waals surface area contributed by atoms with Gasteiger partial charge in [-0.2, -0.15) is 5.10 Å². The zero-order valence-electron chi connectivity index (χ0n) is 14.3. The number of aromatic nitrogens is 2. The summed E-state index contributed by atoms with van der Waals surface area (Å²) in [6, 6.07) is 0.392. The molecule has 128 valence electrons. The Morgan fingerprint density at radius 2 is 2.26 bits per heavy atom. The number of nitrogens with zero attached hydrogens (tertiary/aromatic N) is 3. The molecule has 6 nitrogen and oxygen atoms in total. The summed E-state index contributed by atoms with van der Waals surface area (Å²) < 4.78 is 7.72. The van der Waals surface area contributed by atoms with Gasteiger partial charge in [0.15, 0.2) is 5.69 Å². The van der Waals surface area contributed by atoms with E-state index in [-0.39, 0.29) is 11.3 Å². The lowest BCUT2D eigenvalue weighted by Gasteiger charge is -2.43. The van der Waals surface area contributed by atoms with Gasteiger partial charge in [-0.25, -0.2) is 4.79 Å². The molecular weight excluding hydrogens is 294 g/mol. The van der Waals surface area contributed by atoms with Crippen molar-refractivity contribution in [3.8, 4) is 0 Å². The Bertz CT molecular complexity index is 594. The Morgan fingerprint density at radius 3 is 2.91 bits per heavy atom. The zero-order valence-corrected chi connectivity index (χ0v) is 14.3. The molecule has 0 spiro atoms. The molecule has 0 aromatic carbocycles. The monoisotopic (exact) mass is 321 g/mol. The number of hydrogen-bond donors (Lipinski definition) is 1. The van der Waals surface area contributed by atoms with Gasteiger partial charge in [0.05, 0.1) is 12.2 Å². The van der Waals surface area contributed by atoms with Crippen molar-refractivity contribution < 1.29 is 14.6 Å². The van der Waals surface area contributed by atoms with E-state index in [1.54, 1.807) is 0 Å². The van der Waals surface area contributed by atoms with E-state index < -0.39 is 5.97 Å². The van der Waals surface area contributed by atoms with E-state index in [0.29, 0.717) is 6.04 Å². The number of aryl methyl sites for hydroxylation is 1. The normalized spacial score (nSPS) is 24.4. The van der Waals surface area contributed by atoms with Crippen molar-refractivity contribution in [3.63, 3.8) is 0 Å². The van der Waals surface area contributed by atoms with Crippen LogP contribution in [-0.4, -0.2) is 57.1 Å². The van der Waals surface area contributed by atoms with Crippen LogP contribution in [0.15, 0.2) is 0 Å². The number of rotatable bonds is 4. The number of fused-ring (bicyclic) bond motifs is 1. The molecule has 1 aliphatic carbocycles. The molecule has 1 aliphatic heterocycles. The molecule has 1 N–H and O–H groups in total.